The van der Waals surface area contributed by atoms with E-state index >= 15 is 0 Å². The average molecular weight is 318 g/mol. The minimum absolute atomic E-state index is 0.195. The number of halogens is 1. The Kier molecular flexibility index (Phi) is 5.96. The second kappa shape index (κ2) is 7.49. The van der Waals surface area contributed by atoms with Crippen LogP contribution in [0.3, 0.4) is 0 Å². The zero-order valence-corrected chi connectivity index (χ0v) is 12.6. The van der Waals surface area contributed by atoms with Gasteiger partial charge in [0.1, 0.15) is 0 Å². The molecule has 0 radical (unpaired) electrons. The van der Waals surface area contributed by atoms with Crippen LogP contribution in [0.25, 0.3) is 0 Å². The fraction of sp³-hybridized carbons (Fsp3) is 0.929. The smallest absolute Gasteiger partial charge is 0.220 e. The molecule has 1 N–H and O–H groups in total. The number of rotatable bonds is 4. The third-order valence-electron chi connectivity index (χ3n) is 4.00. The molecule has 0 spiro atoms. The lowest BCUT2D eigenvalue weighted by molar-refractivity contribution is -0.123. The molecule has 0 bridgehead atoms. The molecular formula is C14H24BrNO2. The predicted molar refractivity (Wildman–Crippen MR) is 75.9 cm³/mol. The lowest BCUT2D eigenvalue weighted by Gasteiger charge is -2.28. The molecule has 1 amide bonds. The molecule has 2 aliphatic rings. The minimum atomic E-state index is 0.195. The molecule has 0 aromatic heterocycles. The van der Waals surface area contributed by atoms with Gasteiger partial charge < -0.3 is 10.1 Å². The van der Waals surface area contributed by atoms with E-state index in [4.69, 9.17) is 4.74 Å². The molecule has 1 aliphatic heterocycles. The van der Waals surface area contributed by atoms with Crippen molar-refractivity contribution in [2.24, 2.45) is 0 Å². The van der Waals surface area contributed by atoms with Crippen LogP contribution in [0, 0.1) is 0 Å². The van der Waals surface area contributed by atoms with Gasteiger partial charge in [-0.2, -0.15) is 0 Å². The van der Waals surface area contributed by atoms with E-state index in [1.807, 2.05) is 0 Å². The normalized spacial score (nSPS) is 33.1. The van der Waals surface area contributed by atoms with Crippen molar-refractivity contribution in [1.29, 1.82) is 0 Å². The van der Waals surface area contributed by atoms with Crippen LogP contribution in [0.5, 0.6) is 0 Å². The van der Waals surface area contributed by atoms with E-state index in [0.717, 1.165) is 25.9 Å². The first-order chi connectivity index (χ1) is 8.75. The number of ether oxygens (including phenoxy) is 1. The largest absolute Gasteiger partial charge is 0.378 e. The van der Waals surface area contributed by atoms with Gasteiger partial charge in [0, 0.05) is 23.9 Å². The molecule has 2 rings (SSSR count). The molecule has 18 heavy (non-hydrogen) atoms. The first kappa shape index (κ1) is 14.3. The number of alkyl halides is 1. The van der Waals surface area contributed by atoms with Gasteiger partial charge >= 0.3 is 0 Å². The summed E-state index contributed by atoms with van der Waals surface area (Å²) < 4.78 is 5.65. The van der Waals surface area contributed by atoms with Crippen LogP contribution in [0.2, 0.25) is 0 Å². The summed E-state index contributed by atoms with van der Waals surface area (Å²) in [6.07, 6.45) is 10.2. The molecule has 1 aliphatic carbocycles. The van der Waals surface area contributed by atoms with E-state index in [2.05, 4.69) is 21.2 Å². The Labute approximate surface area is 118 Å². The molecule has 1 saturated carbocycles. The van der Waals surface area contributed by atoms with Crippen molar-refractivity contribution in [3.63, 3.8) is 0 Å². The van der Waals surface area contributed by atoms with Gasteiger partial charge in [-0.3, -0.25) is 4.79 Å². The molecule has 3 atom stereocenters. The number of carbonyl (C=O) groups excluding carboxylic acids is 1. The Morgan fingerprint density at radius 2 is 1.94 bits per heavy atom. The van der Waals surface area contributed by atoms with E-state index in [-0.39, 0.29) is 5.91 Å². The lowest BCUT2D eigenvalue weighted by atomic mass is 9.95. The van der Waals surface area contributed by atoms with Gasteiger partial charge in [0.25, 0.3) is 0 Å². The summed E-state index contributed by atoms with van der Waals surface area (Å²) >= 11 is 3.67. The standard InChI is InChI=1S/C14H24BrNO2/c15-12-6-1-2-7-13(12)16-14(17)9-8-11-5-3-4-10-18-11/h11-13H,1-10H2,(H,16,17). The Bertz CT molecular complexity index is 267. The van der Waals surface area contributed by atoms with E-state index in [1.54, 1.807) is 0 Å². The number of nitrogens with one attached hydrogen (secondary N) is 1. The molecule has 0 aromatic rings. The number of amides is 1. The van der Waals surface area contributed by atoms with Crippen molar-refractivity contribution in [2.45, 2.75) is 74.8 Å². The molecule has 0 aromatic carbocycles. The van der Waals surface area contributed by atoms with Gasteiger partial charge in [-0.1, -0.05) is 28.8 Å². The fourth-order valence-corrected chi connectivity index (χ4v) is 3.57. The quantitative estimate of drug-likeness (QED) is 0.809. The highest BCUT2D eigenvalue weighted by Crippen LogP contribution is 2.24. The Morgan fingerprint density at radius 1 is 1.17 bits per heavy atom. The summed E-state index contributed by atoms with van der Waals surface area (Å²) in [6, 6.07) is 0.332. The van der Waals surface area contributed by atoms with Crippen molar-refractivity contribution >= 4 is 21.8 Å². The van der Waals surface area contributed by atoms with Crippen molar-refractivity contribution in [1.82, 2.24) is 5.32 Å². The first-order valence-corrected chi connectivity index (χ1v) is 8.22. The van der Waals surface area contributed by atoms with Crippen LogP contribution in [-0.4, -0.2) is 29.5 Å². The maximum atomic E-state index is 11.9. The molecule has 2 fully saturated rings. The summed E-state index contributed by atoms with van der Waals surface area (Å²) in [5, 5.41) is 3.17. The van der Waals surface area contributed by atoms with E-state index in [0.29, 0.717) is 23.4 Å². The Hall–Kier alpha value is -0.0900. The van der Waals surface area contributed by atoms with Crippen molar-refractivity contribution in [3.8, 4) is 0 Å². The topological polar surface area (TPSA) is 38.3 Å². The molecular weight excluding hydrogens is 294 g/mol. The summed E-state index contributed by atoms with van der Waals surface area (Å²) in [5.41, 5.74) is 0. The zero-order valence-electron chi connectivity index (χ0n) is 11.0. The van der Waals surface area contributed by atoms with Crippen LogP contribution in [-0.2, 0) is 9.53 Å². The van der Waals surface area contributed by atoms with Gasteiger partial charge in [-0.05, 0) is 38.5 Å². The summed E-state index contributed by atoms with van der Waals surface area (Å²) in [5.74, 6) is 0.195. The maximum Gasteiger partial charge on any atom is 0.220 e. The Morgan fingerprint density at radius 3 is 2.67 bits per heavy atom. The minimum Gasteiger partial charge on any atom is -0.378 e. The van der Waals surface area contributed by atoms with Gasteiger partial charge in [-0.15, -0.1) is 0 Å². The second-order valence-corrected chi connectivity index (χ2v) is 6.68. The highest BCUT2D eigenvalue weighted by Gasteiger charge is 2.24. The molecule has 3 nitrogen and oxygen atoms in total. The zero-order chi connectivity index (χ0) is 12.8. The Balaban J connectivity index is 1.64. The highest BCUT2D eigenvalue weighted by molar-refractivity contribution is 9.09. The maximum absolute atomic E-state index is 11.9. The van der Waals surface area contributed by atoms with Crippen LogP contribution in [0.1, 0.15) is 57.8 Å². The van der Waals surface area contributed by atoms with Crippen LogP contribution >= 0.6 is 15.9 Å². The van der Waals surface area contributed by atoms with Gasteiger partial charge in [0.05, 0.1) is 6.10 Å². The van der Waals surface area contributed by atoms with Crippen LogP contribution in [0.4, 0.5) is 0 Å². The highest BCUT2D eigenvalue weighted by atomic mass is 79.9. The van der Waals surface area contributed by atoms with Crippen molar-refractivity contribution in [2.75, 3.05) is 6.61 Å². The van der Waals surface area contributed by atoms with Crippen LogP contribution < -0.4 is 5.32 Å². The van der Waals surface area contributed by atoms with Gasteiger partial charge in [-0.25, -0.2) is 0 Å². The number of carbonyl (C=O) groups is 1. The molecule has 4 heteroatoms. The van der Waals surface area contributed by atoms with Crippen molar-refractivity contribution < 1.29 is 9.53 Å². The molecule has 1 heterocycles. The number of hydrogen-bond acceptors (Lipinski definition) is 2. The third kappa shape index (κ3) is 4.54. The molecule has 104 valence electrons. The van der Waals surface area contributed by atoms with Gasteiger partial charge in [0.2, 0.25) is 5.91 Å². The van der Waals surface area contributed by atoms with E-state index in [1.165, 1.54) is 32.1 Å². The molecule has 1 saturated heterocycles. The second-order valence-electron chi connectivity index (χ2n) is 5.50. The third-order valence-corrected chi connectivity index (χ3v) is 5.09. The predicted octanol–water partition coefficient (Wildman–Crippen LogP) is 3.16. The monoisotopic (exact) mass is 317 g/mol. The first-order valence-electron chi connectivity index (χ1n) is 7.31. The molecule has 3 unspecified atom stereocenters. The lowest BCUT2D eigenvalue weighted by Crippen LogP contribution is -2.42. The fourth-order valence-electron chi connectivity index (χ4n) is 2.85. The van der Waals surface area contributed by atoms with Crippen LogP contribution in [0.15, 0.2) is 0 Å². The summed E-state index contributed by atoms with van der Waals surface area (Å²) in [6.45, 7) is 0.873. The summed E-state index contributed by atoms with van der Waals surface area (Å²) in [4.78, 5) is 12.4. The van der Waals surface area contributed by atoms with E-state index in [9.17, 15) is 4.79 Å². The average Bonchev–Trinajstić information content (AvgIpc) is 2.40. The van der Waals surface area contributed by atoms with Crippen molar-refractivity contribution in [3.05, 3.63) is 0 Å². The van der Waals surface area contributed by atoms with E-state index < -0.39 is 0 Å². The van der Waals surface area contributed by atoms with Gasteiger partial charge in [0.15, 0.2) is 0 Å². The number of hydrogen-bond donors (Lipinski definition) is 1. The SMILES string of the molecule is O=C(CCC1CCCCO1)NC1CCCCC1Br. The summed E-state index contributed by atoms with van der Waals surface area (Å²) in [7, 11) is 0.